The SMILES string of the molecule is CCOC(=O)C1=C(C)N=c2s/c(=C/c3c(-c4ccccc4)[nH]c4c(C)cccc34)c(=O)n2[C@@H]1c1ccc(N(C)C)cc1. The van der Waals surface area contributed by atoms with Gasteiger partial charge in [0.25, 0.3) is 5.56 Å². The maximum absolute atomic E-state index is 14.3. The van der Waals surface area contributed by atoms with Gasteiger partial charge in [0.1, 0.15) is 0 Å². The number of hydrogen-bond acceptors (Lipinski definition) is 6. The molecule has 0 unspecified atom stereocenters. The number of aryl methyl sites for hydroxylation is 1. The second-order valence-electron chi connectivity index (χ2n) is 10.6. The molecule has 3 heterocycles. The molecule has 1 aliphatic rings. The molecule has 0 fully saturated rings. The van der Waals surface area contributed by atoms with Gasteiger partial charge in [-0.25, -0.2) is 9.79 Å². The quantitative estimate of drug-likeness (QED) is 0.278. The summed E-state index contributed by atoms with van der Waals surface area (Å²) in [7, 11) is 3.95. The Morgan fingerprint density at radius 1 is 1.05 bits per heavy atom. The fourth-order valence-electron chi connectivity index (χ4n) is 5.56. The number of anilines is 1. The third kappa shape index (κ3) is 4.67. The number of carbonyl (C=O) groups excluding carboxylic acids is 1. The molecule has 1 N–H and O–H groups in total. The van der Waals surface area contributed by atoms with Gasteiger partial charge in [0, 0.05) is 36.2 Å². The van der Waals surface area contributed by atoms with E-state index in [4.69, 9.17) is 9.73 Å². The van der Waals surface area contributed by atoms with Crippen molar-refractivity contribution in [2.45, 2.75) is 26.8 Å². The molecule has 0 amide bonds. The molecule has 42 heavy (non-hydrogen) atoms. The van der Waals surface area contributed by atoms with Crippen LogP contribution in [0, 0.1) is 6.92 Å². The summed E-state index contributed by atoms with van der Waals surface area (Å²) in [5.74, 6) is -0.465. The maximum Gasteiger partial charge on any atom is 0.338 e. The Balaban J connectivity index is 1.60. The van der Waals surface area contributed by atoms with Crippen molar-refractivity contribution in [2.75, 3.05) is 25.6 Å². The number of fused-ring (bicyclic) bond motifs is 2. The van der Waals surface area contributed by atoms with E-state index in [0.29, 0.717) is 20.6 Å². The topological polar surface area (TPSA) is 79.7 Å². The highest BCUT2D eigenvalue weighted by atomic mass is 32.1. The fraction of sp³-hybridized carbons (Fsp3) is 0.206. The highest BCUT2D eigenvalue weighted by Crippen LogP contribution is 2.34. The van der Waals surface area contributed by atoms with Crippen molar-refractivity contribution in [1.29, 1.82) is 0 Å². The van der Waals surface area contributed by atoms with E-state index >= 15 is 0 Å². The number of H-pyrrole nitrogens is 1. The van der Waals surface area contributed by atoms with Crippen LogP contribution >= 0.6 is 11.3 Å². The first-order chi connectivity index (χ1) is 20.3. The Labute approximate surface area is 247 Å². The van der Waals surface area contributed by atoms with Gasteiger partial charge in [-0.1, -0.05) is 72.0 Å². The lowest BCUT2D eigenvalue weighted by Gasteiger charge is -2.25. The summed E-state index contributed by atoms with van der Waals surface area (Å²) in [4.78, 5) is 38.4. The summed E-state index contributed by atoms with van der Waals surface area (Å²) in [5.41, 5.74) is 7.66. The smallest absolute Gasteiger partial charge is 0.338 e. The summed E-state index contributed by atoms with van der Waals surface area (Å²) < 4.78 is 7.63. The molecule has 0 radical (unpaired) electrons. The molecule has 0 aliphatic carbocycles. The largest absolute Gasteiger partial charge is 0.463 e. The van der Waals surface area contributed by atoms with Crippen LogP contribution in [0.25, 0.3) is 28.2 Å². The Bertz CT molecular complexity index is 2030. The van der Waals surface area contributed by atoms with Gasteiger partial charge in [-0.3, -0.25) is 9.36 Å². The minimum atomic E-state index is -0.655. The number of para-hydroxylation sites is 1. The Morgan fingerprint density at radius 3 is 2.48 bits per heavy atom. The maximum atomic E-state index is 14.3. The van der Waals surface area contributed by atoms with Gasteiger partial charge in [-0.2, -0.15) is 0 Å². The highest BCUT2D eigenvalue weighted by molar-refractivity contribution is 7.07. The summed E-state index contributed by atoms with van der Waals surface area (Å²) in [6.45, 7) is 5.89. The summed E-state index contributed by atoms with van der Waals surface area (Å²) >= 11 is 1.33. The number of nitrogens with one attached hydrogen (secondary N) is 1. The van der Waals surface area contributed by atoms with Crippen molar-refractivity contribution in [2.24, 2.45) is 4.99 Å². The Morgan fingerprint density at radius 2 is 1.79 bits per heavy atom. The lowest BCUT2D eigenvalue weighted by molar-refractivity contribution is -0.139. The number of nitrogens with zero attached hydrogens (tertiary/aromatic N) is 3. The van der Waals surface area contributed by atoms with Gasteiger partial charge >= 0.3 is 5.97 Å². The molecule has 212 valence electrons. The molecule has 5 aromatic rings. The van der Waals surface area contributed by atoms with Gasteiger partial charge in [-0.15, -0.1) is 0 Å². The predicted octanol–water partition coefficient (Wildman–Crippen LogP) is 5.32. The second-order valence-corrected chi connectivity index (χ2v) is 11.6. The molecule has 0 bridgehead atoms. The van der Waals surface area contributed by atoms with Crippen molar-refractivity contribution in [1.82, 2.24) is 9.55 Å². The fourth-order valence-corrected chi connectivity index (χ4v) is 6.59. The van der Waals surface area contributed by atoms with Crippen LogP contribution in [0.1, 0.15) is 36.6 Å². The van der Waals surface area contributed by atoms with Gasteiger partial charge in [0.15, 0.2) is 4.80 Å². The number of carbonyl (C=O) groups is 1. The van der Waals surface area contributed by atoms with Crippen LogP contribution in [-0.2, 0) is 9.53 Å². The molecule has 7 nitrogen and oxygen atoms in total. The van der Waals surface area contributed by atoms with Crippen molar-refractivity contribution in [3.63, 3.8) is 0 Å². The Hall–Kier alpha value is -4.69. The first kappa shape index (κ1) is 27.5. The first-order valence-corrected chi connectivity index (χ1v) is 14.7. The van der Waals surface area contributed by atoms with Crippen molar-refractivity contribution >= 4 is 40.0 Å². The zero-order valence-electron chi connectivity index (χ0n) is 24.3. The van der Waals surface area contributed by atoms with E-state index < -0.39 is 12.0 Å². The van der Waals surface area contributed by atoms with E-state index in [0.717, 1.165) is 44.5 Å². The van der Waals surface area contributed by atoms with E-state index in [-0.39, 0.29) is 12.2 Å². The third-order valence-electron chi connectivity index (χ3n) is 7.66. The van der Waals surface area contributed by atoms with Gasteiger partial charge in [-0.05, 0) is 55.7 Å². The van der Waals surface area contributed by atoms with Crippen LogP contribution in [0.3, 0.4) is 0 Å². The number of benzene rings is 3. The van der Waals surface area contributed by atoms with E-state index in [9.17, 15) is 9.59 Å². The van der Waals surface area contributed by atoms with E-state index in [1.807, 2.05) is 73.6 Å². The Kier molecular flexibility index (Phi) is 7.16. The van der Waals surface area contributed by atoms with E-state index in [1.165, 1.54) is 11.3 Å². The van der Waals surface area contributed by atoms with Crippen molar-refractivity contribution < 1.29 is 9.53 Å². The van der Waals surface area contributed by atoms with Crippen molar-refractivity contribution in [3.05, 3.63) is 120 Å². The number of aromatic nitrogens is 2. The molecule has 2 aromatic heterocycles. The van der Waals surface area contributed by atoms with Crippen LogP contribution in [0.4, 0.5) is 5.69 Å². The van der Waals surface area contributed by atoms with Crippen LogP contribution in [0.2, 0.25) is 0 Å². The summed E-state index contributed by atoms with van der Waals surface area (Å²) in [6.07, 6.45) is 1.96. The van der Waals surface area contributed by atoms with E-state index in [1.54, 1.807) is 18.4 Å². The number of esters is 1. The van der Waals surface area contributed by atoms with Crippen LogP contribution in [0.15, 0.2) is 93.9 Å². The van der Waals surface area contributed by atoms with Crippen LogP contribution in [-0.4, -0.2) is 36.2 Å². The molecule has 0 spiro atoms. The zero-order valence-corrected chi connectivity index (χ0v) is 25.1. The number of rotatable bonds is 6. The average molecular weight is 577 g/mol. The minimum Gasteiger partial charge on any atom is -0.463 e. The highest BCUT2D eigenvalue weighted by Gasteiger charge is 2.33. The number of hydrogen-bond donors (Lipinski definition) is 1. The van der Waals surface area contributed by atoms with E-state index in [2.05, 4.69) is 36.2 Å². The predicted molar refractivity (Wildman–Crippen MR) is 170 cm³/mol. The molecular weight excluding hydrogens is 544 g/mol. The molecule has 0 saturated heterocycles. The van der Waals surface area contributed by atoms with Gasteiger partial charge < -0.3 is 14.6 Å². The normalized spacial score (nSPS) is 15.1. The van der Waals surface area contributed by atoms with Gasteiger partial charge in [0.05, 0.1) is 34.1 Å². The third-order valence-corrected chi connectivity index (χ3v) is 8.65. The molecule has 8 heteroatoms. The number of aromatic amines is 1. The monoisotopic (exact) mass is 576 g/mol. The minimum absolute atomic E-state index is 0.198. The van der Waals surface area contributed by atoms with Crippen LogP contribution < -0.4 is 19.8 Å². The molecule has 3 aromatic carbocycles. The molecule has 6 rings (SSSR count). The first-order valence-electron chi connectivity index (χ1n) is 13.9. The number of thiazole rings is 1. The molecule has 0 saturated carbocycles. The lowest BCUT2D eigenvalue weighted by Crippen LogP contribution is -2.40. The number of ether oxygens (including phenoxy) is 1. The average Bonchev–Trinajstić information content (AvgIpc) is 3.51. The molecule has 1 aliphatic heterocycles. The number of allylic oxidation sites excluding steroid dienone is 1. The second kappa shape index (κ2) is 10.9. The van der Waals surface area contributed by atoms with Gasteiger partial charge in [0.2, 0.25) is 0 Å². The summed E-state index contributed by atoms with van der Waals surface area (Å²) in [5, 5.41) is 1.04. The molecule has 1 atom stereocenters. The van der Waals surface area contributed by atoms with Crippen molar-refractivity contribution in [3.8, 4) is 11.3 Å². The van der Waals surface area contributed by atoms with Crippen LogP contribution in [0.5, 0.6) is 0 Å². The molecular formula is C34H32N4O3S. The lowest BCUT2D eigenvalue weighted by atomic mass is 9.95. The zero-order chi connectivity index (χ0) is 29.5. The standard InChI is InChI=1S/C34H32N4O3S/c1-6-41-33(40)28-21(3)35-34-38(31(28)23-15-17-24(18-16-23)37(4)5)32(39)27(42-34)19-26-25-14-10-11-20(2)29(25)36-30(26)22-12-8-7-9-13-22/h7-19,31,36H,6H2,1-5H3/b27-19+/t31-/m1/s1. The summed E-state index contributed by atoms with van der Waals surface area (Å²) in [6, 6.07) is 23.6.